The Labute approximate surface area is 168 Å². The third kappa shape index (κ3) is 5.40. The average molecular weight is 398 g/mol. The molecule has 1 saturated heterocycles. The van der Waals surface area contributed by atoms with Gasteiger partial charge in [0.2, 0.25) is 11.8 Å². The molecule has 0 spiro atoms. The van der Waals surface area contributed by atoms with E-state index >= 15 is 0 Å². The fraction of sp³-hybridized carbons (Fsp3) is 0.318. The van der Waals surface area contributed by atoms with Crippen LogP contribution in [0, 0.1) is 11.7 Å². The molecule has 0 unspecified atom stereocenters. The molecule has 1 aliphatic heterocycles. The topological polar surface area (TPSA) is 75.7 Å². The summed E-state index contributed by atoms with van der Waals surface area (Å²) in [5.74, 6) is -1.05. The van der Waals surface area contributed by atoms with Crippen molar-refractivity contribution in [3.8, 4) is 0 Å². The van der Waals surface area contributed by atoms with Gasteiger partial charge in [-0.05, 0) is 54.8 Å². The lowest BCUT2D eigenvalue weighted by Crippen LogP contribution is -2.42. The Morgan fingerprint density at radius 2 is 1.66 bits per heavy atom. The second-order valence-corrected chi connectivity index (χ2v) is 7.02. The minimum Gasteiger partial charge on any atom is -0.465 e. The summed E-state index contributed by atoms with van der Waals surface area (Å²) >= 11 is 0. The van der Waals surface area contributed by atoms with E-state index in [4.69, 9.17) is 0 Å². The second kappa shape index (κ2) is 9.32. The van der Waals surface area contributed by atoms with Gasteiger partial charge in [0, 0.05) is 24.7 Å². The van der Waals surface area contributed by atoms with Gasteiger partial charge in [-0.1, -0.05) is 12.1 Å². The van der Waals surface area contributed by atoms with Gasteiger partial charge < -0.3 is 15.0 Å². The molecule has 7 heteroatoms. The number of nitrogens with one attached hydrogen (secondary N) is 1. The van der Waals surface area contributed by atoms with E-state index in [0.717, 1.165) is 5.56 Å². The van der Waals surface area contributed by atoms with Gasteiger partial charge in [-0.2, -0.15) is 0 Å². The molecule has 1 N–H and O–H groups in total. The summed E-state index contributed by atoms with van der Waals surface area (Å²) in [6.07, 6.45) is 1.39. The summed E-state index contributed by atoms with van der Waals surface area (Å²) in [5.41, 5.74) is 1.79. The number of likely N-dealkylation sites (tertiary alicyclic amines) is 1. The zero-order chi connectivity index (χ0) is 20.8. The lowest BCUT2D eigenvalue weighted by atomic mass is 9.95. The van der Waals surface area contributed by atoms with E-state index in [2.05, 4.69) is 10.1 Å². The van der Waals surface area contributed by atoms with Gasteiger partial charge in [-0.25, -0.2) is 9.18 Å². The van der Waals surface area contributed by atoms with E-state index in [1.165, 1.54) is 19.2 Å². The molecule has 6 nitrogen and oxygen atoms in total. The summed E-state index contributed by atoms with van der Waals surface area (Å²) in [6.45, 7) is 1.03. The van der Waals surface area contributed by atoms with Crippen LogP contribution < -0.4 is 5.32 Å². The summed E-state index contributed by atoms with van der Waals surface area (Å²) in [6, 6.07) is 12.4. The van der Waals surface area contributed by atoms with Crippen LogP contribution in [0.15, 0.2) is 48.5 Å². The third-order valence-corrected chi connectivity index (χ3v) is 5.06. The number of ether oxygens (including phenoxy) is 1. The van der Waals surface area contributed by atoms with Crippen molar-refractivity contribution in [1.29, 1.82) is 0 Å². The normalized spacial score (nSPS) is 14.3. The van der Waals surface area contributed by atoms with E-state index < -0.39 is 5.97 Å². The van der Waals surface area contributed by atoms with Crippen LogP contribution in [0.5, 0.6) is 0 Å². The molecule has 0 aromatic heterocycles. The molecule has 2 aromatic carbocycles. The van der Waals surface area contributed by atoms with Crippen molar-refractivity contribution in [3.63, 3.8) is 0 Å². The number of nitrogens with zero attached hydrogens (tertiary/aromatic N) is 1. The molecule has 0 atom stereocenters. The van der Waals surface area contributed by atoms with Crippen molar-refractivity contribution in [1.82, 2.24) is 4.90 Å². The highest BCUT2D eigenvalue weighted by Gasteiger charge is 2.27. The van der Waals surface area contributed by atoms with Crippen LogP contribution in [-0.2, 0) is 20.7 Å². The maximum Gasteiger partial charge on any atom is 0.337 e. The highest BCUT2D eigenvalue weighted by Crippen LogP contribution is 2.21. The average Bonchev–Trinajstić information content (AvgIpc) is 2.75. The minimum absolute atomic E-state index is 0.0196. The molecular weight excluding hydrogens is 375 g/mol. The van der Waals surface area contributed by atoms with E-state index in [0.29, 0.717) is 37.2 Å². The van der Waals surface area contributed by atoms with Crippen LogP contribution in [0.4, 0.5) is 10.1 Å². The van der Waals surface area contributed by atoms with Crippen LogP contribution in [0.3, 0.4) is 0 Å². The Bertz CT molecular complexity index is 873. The zero-order valence-corrected chi connectivity index (χ0v) is 16.2. The molecule has 1 fully saturated rings. The lowest BCUT2D eigenvalue weighted by Gasteiger charge is -2.31. The van der Waals surface area contributed by atoms with Crippen molar-refractivity contribution in [2.45, 2.75) is 19.3 Å². The predicted octanol–water partition coefficient (Wildman–Crippen LogP) is 3.03. The quantitative estimate of drug-likeness (QED) is 0.786. The summed E-state index contributed by atoms with van der Waals surface area (Å²) in [7, 11) is 1.31. The fourth-order valence-electron chi connectivity index (χ4n) is 3.33. The minimum atomic E-state index is -0.430. The van der Waals surface area contributed by atoms with Crippen molar-refractivity contribution in [3.05, 3.63) is 65.5 Å². The first-order valence-corrected chi connectivity index (χ1v) is 9.47. The maximum absolute atomic E-state index is 13.0. The monoisotopic (exact) mass is 398 g/mol. The standard InChI is InChI=1S/C22H23FN2O4/c1-29-22(28)17-4-8-19(9-5-17)24-21(27)16-10-12-25(13-11-16)20(26)14-15-2-6-18(23)7-3-15/h2-9,16H,10-14H2,1H3,(H,24,27). The lowest BCUT2D eigenvalue weighted by molar-refractivity contribution is -0.133. The highest BCUT2D eigenvalue weighted by atomic mass is 19.1. The zero-order valence-electron chi connectivity index (χ0n) is 16.2. The number of hydrogen-bond acceptors (Lipinski definition) is 4. The van der Waals surface area contributed by atoms with Crippen molar-refractivity contribution in [2.24, 2.45) is 5.92 Å². The molecule has 2 aromatic rings. The number of piperidine rings is 1. The first-order valence-electron chi connectivity index (χ1n) is 9.47. The number of carbonyl (C=O) groups excluding carboxylic acids is 3. The number of methoxy groups -OCH3 is 1. The number of amides is 2. The van der Waals surface area contributed by atoms with Gasteiger partial charge in [-0.15, -0.1) is 0 Å². The van der Waals surface area contributed by atoms with Gasteiger partial charge in [0.1, 0.15) is 5.82 Å². The molecule has 3 rings (SSSR count). The number of halogens is 1. The summed E-state index contributed by atoms with van der Waals surface area (Å²) in [5, 5.41) is 2.85. The fourth-order valence-corrected chi connectivity index (χ4v) is 3.33. The van der Waals surface area contributed by atoms with E-state index in [1.807, 2.05) is 0 Å². The van der Waals surface area contributed by atoms with Crippen LogP contribution >= 0.6 is 0 Å². The molecule has 0 radical (unpaired) electrons. The van der Waals surface area contributed by atoms with Crippen LogP contribution in [-0.4, -0.2) is 42.9 Å². The molecule has 0 bridgehead atoms. The Morgan fingerprint density at radius 1 is 1.03 bits per heavy atom. The number of esters is 1. The van der Waals surface area contributed by atoms with E-state index in [1.54, 1.807) is 41.3 Å². The number of rotatable bonds is 5. The van der Waals surface area contributed by atoms with Gasteiger partial charge in [0.15, 0.2) is 0 Å². The van der Waals surface area contributed by atoms with Crippen molar-refractivity contribution >= 4 is 23.5 Å². The first kappa shape index (κ1) is 20.5. The smallest absolute Gasteiger partial charge is 0.337 e. The van der Waals surface area contributed by atoms with Gasteiger partial charge >= 0.3 is 5.97 Å². The van der Waals surface area contributed by atoms with E-state index in [-0.39, 0.29) is 30.0 Å². The molecule has 152 valence electrons. The number of benzene rings is 2. The van der Waals surface area contributed by atoms with Crippen molar-refractivity contribution < 1.29 is 23.5 Å². The predicted molar refractivity (Wildman–Crippen MR) is 106 cm³/mol. The SMILES string of the molecule is COC(=O)c1ccc(NC(=O)C2CCN(C(=O)Cc3ccc(F)cc3)CC2)cc1. The molecule has 0 saturated carbocycles. The Kier molecular flexibility index (Phi) is 6.59. The van der Waals surface area contributed by atoms with Crippen LogP contribution in [0.25, 0.3) is 0 Å². The third-order valence-electron chi connectivity index (χ3n) is 5.06. The van der Waals surface area contributed by atoms with Gasteiger partial charge in [-0.3, -0.25) is 9.59 Å². The number of anilines is 1. The van der Waals surface area contributed by atoms with E-state index in [9.17, 15) is 18.8 Å². The van der Waals surface area contributed by atoms with Gasteiger partial charge in [0.25, 0.3) is 0 Å². The van der Waals surface area contributed by atoms with Crippen LogP contribution in [0.2, 0.25) is 0 Å². The molecule has 1 heterocycles. The molecule has 1 aliphatic rings. The molecule has 29 heavy (non-hydrogen) atoms. The summed E-state index contributed by atoms with van der Waals surface area (Å²) < 4.78 is 17.6. The number of carbonyl (C=O) groups is 3. The highest BCUT2D eigenvalue weighted by molar-refractivity contribution is 5.94. The molecule has 0 aliphatic carbocycles. The Hall–Kier alpha value is -3.22. The molecule has 2 amide bonds. The number of hydrogen-bond donors (Lipinski definition) is 1. The first-order chi connectivity index (χ1) is 14.0. The second-order valence-electron chi connectivity index (χ2n) is 7.02. The van der Waals surface area contributed by atoms with Crippen molar-refractivity contribution in [2.75, 3.05) is 25.5 Å². The Morgan fingerprint density at radius 3 is 2.24 bits per heavy atom. The maximum atomic E-state index is 13.0. The van der Waals surface area contributed by atoms with Crippen LogP contribution in [0.1, 0.15) is 28.8 Å². The summed E-state index contributed by atoms with van der Waals surface area (Å²) in [4.78, 5) is 38.1. The molecular formula is C22H23FN2O4. The Balaban J connectivity index is 1.48. The largest absolute Gasteiger partial charge is 0.465 e. The van der Waals surface area contributed by atoms with Gasteiger partial charge in [0.05, 0.1) is 19.1 Å².